The zero-order valence-electron chi connectivity index (χ0n) is 16.6. The Hall–Kier alpha value is -1.39. The first-order chi connectivity index (χ1) is 12.5. The van der Waals surface area contributed by atoms with Crippen molar-refractivity contribution in [2.45, 2.75) is 59.2 Å². The van der Waals surface area contributed by atoms with Gasteiger partial charge in [-0.3, -0.25) is 9.69 Å². The smallest absolute Gasteiger partial charge is 0.223 e. The van der Waals surface area contributed by atoms with Crippen LogP contribution in [-0.4, -0.2) is 36.5 Å². The maximum atomic E-state index is 12.4. The molecule has 4 heteroatoms. The van der Waals surface area contributed by atoms with Crippen LogP contribution in [0.4, 0.5) is 0 Å². The van der Waals surface area contributed by atoms with E-state index in [1.54, 1.807) is 0 Å². The second-order valence-corrected chi connectivity index (χ2v) is 8.75. The maximum absolute atomic E-state index is 12.4. The predicted octanol–water partition coefficient (Wildman–Crippen LogP) is 3.17. The van der Waals surface area contributed by atoms with Gasteiger partial charge in [-0.2, -0.15) is 0 Å². The highest BCUT2D eigenvalue weighted by molar-refractivity contribution is 5.78. The highest BCUT2D eigenvalue weighted by atomic mass is 16.1. The van der Waals surface area contributed by atoms with Crippen LogP contribution < -0.4 is 10.6 Å². The standard InChI is InChI=1S/C22H35N3O/c1-16-10-17(2)14-25(13-16)15-20-6-4-19(5-7-20)12-24-22(26)21-8-9-23-18(3)11-21/h4-7,16-18,21,23H,8-15H2,1-3H3,(H,24,26)/t16?,17?,18-,21-/m0/s1. The fraction of sp³-hybridized carbons (Fsp3) is 0.682. The Bertz CT molecular complexity index is 576. The number of rotatable bonds is 5. The van der Waals surface area contributed by atoms with E-state index in [0.717, 1.165) is 37.8 Å². The lowest BCUT2D eigenvalue weighted by Gasteiger charge is -2.35. The van der Waals surface area contributed by atoms with Crippen molar-refractivity contribution < 1.29 is 4.79 Å². The molecular weight excluding hydrogens is 322 g/mol. The monoisotopic (exact) mass is 357 g/mol. The quantitative estimate of drug-likeness (QED) is 0.851. The molecule has 2 fully saturated rings. The van der Waals surface area contributed by atoms with Gasteiger partial charge in [-0.15, -0.1) is 0 Å². The van der Waals surface area contributed by atoms with Gasteiger partial charge in [0.25, 0.3) is 0 Å². The van der Waals surface area contributed by atoms with Crippen LogP contribution >= 0.6 is 0 Å². The van der Waals surface area contributed by atoms with Gasteiger partial charge in [-0.05, 0) is 55.7 Å². The second-order valence-electron chi connectivity index (χ2n) is 8.75. The van der Waals surface area contributed by atoms with Crippen LogP contribution in [0.3, 0.4) is 0 Å². The number of carbonyl (C=O) groups is 1. The van der Waals surface area contributed by atoms with Crippen LogP contribution in [0.25, 0.3) is 0 Å². The highest BCUT2D eigenvalue weighted by Gasteiger charge is 2.24. The Balaban J connectivity index is 1.46. The summed E-state index contributed by atoms with van der Waals surface area (Å²) in [6.45, 7) is 11.9. The number of amides is 1. The summed E-state index contributed by atoms with van der Waals surface area (Å²) in [4.78, 5) is 14.9. The third-order valence-electron chi connectivity index (χ3n) is 5.83. The van der Waals surface area contributed by atoms with Crippen molar-refractivity contribution in [2.75, 3.05) is 19.6 Å². The number of hydrogen-bond acceptors (Lipinski definition) is 3. The fourth-order valence-corrected chi connectivity index (χ4v) is 4.65. The van der Waals surface area contributed by atoms with Crippen molar-refractivity contribution in [1.82, 2.24) is 15.5 Å². The van der Waals surface area contributed by atoms with E-state index in [9.17, 15) is 4.79 Å². The van der Waals surface area contributed by atoms with Crippen LogP contribution in [0, 0.1) is 17.8 Å². The molecule has 0 bridgehead atoms. The first kappa shape index (κ1) is 19.4. The number of nitrogens with one attached hydrogen (secondary N) is 2. The van der Waals surface area contributed by atoms with Crippen molar-refractivity contribution in [3.05, 3.63) is 35.4 Å². The lowest BCUT2D eigenvalue weighted by molar-refractivity contribution is -0.126. The number of likely N-dealkylation sites (tertiary alicyclic amines) is 1. The van der Waals surface area contributed by atoms with Crippen molar-refractivity contribution >= 4 is 5.91 Å². The zero-order chi connectivity index (χ0) is 18.5. The number of carbonyl (C=O) groups excluding carboxylic acids is 1. The van der Waals surface area contributed by atoms with Gasteiger partial charge in [0.15, 0.2) is 0 Å². The molecule has 0 radical (unpaired) electrons. The molecule has 2 aliphatic heterocycles. The molecule has 26 heavy (non-hydrogen) atoms. The lowest BCUT2D eigenvalue weighted by atomic mass is 9.91. The molecule has 4 atom stereocenters. The Morgan fingerprint density at radius 2 is 1.73 bits per heavy atom. The lowest BCUT2D eigenvalue weighted by Crippen LogP contribution is -2.42. The van der Waals surface area contributed by atoms with E-state index in [4.69, 9.17) is 0 Å². The van der Waals surface area contributed by atoms with Gasteiger partial charge in [0, 0.05) is 38.1 Å². The molecule has 2 saturated heterocycles. The molecule has 2 aliphatic rings. The number of hydrogen-bond donors (Lipinski definition) is 2. The fourth-order valence-electron chi connectivity index (χ4n) is 4.65. The molecule has 0 spiro atoms. The minimum Gasteiger partial charge on any atom is -0.352 e. The third kappa shape index (κ3) is 5.55. The van der Waals surface area contributed by atoms with Gasteiger partial charge >= 0.3 is 0 Å². The summed E-state index contributed by atoms with van der Waals surface area (Å²) >= 11 is 0. The molecule has 0 saturated carbocycles. The maximum Gasteiger partial charge on any atom is 0.223 e. The molecule has 0 aromatic heterocycles. The van der Waals surface area contributed by atoms with E-state index in [0.29, 0.717) is 12.6 Å². The van der Waals surface area contributed by atoms with Crippen LogP contribution in [0.15, 0.2) is 24.3 Å². The Morgan fingerprint density at radius 3 is 2.38 bits per heavy atom. The van der Waals surface area contributed by atoms with Gasteiger partial charge in [-0.1, -0.05) is 38.1 Å². The summed E-state index contributed by atoms with van der Waals surface area (Å²) in [5.41, 5.74) is 2.55. The van der Waals surface area contributed by atoms with Crippen LogP contribution in [0.5, 0.6) is 0 Å². The molecule has 1 aromatic rings. The largest absolute Gasteiger partial charge is 0.352 e. The van der Waals surface area contributed by atoms with Gasteiger partial charge in [0.2, 0.25) is 5.91 Å². The molecule has 0 aliphatic carbocycles. The number of nitrogens with zero attached hydrogens (tertiary/aromatic N) is 1. The normalized spacial score (nSPS) is 30.1. The summed E-state index contributed by atoms with van der Waals surface area (Å²) in [5, 5.41) is 6.53. The summed E-state index contributed by atoms with van der Waals surface area (Å²) in [6.07, 6.45) is 3.24. The van der Waals surface area contributed by atoms with Crippen LogP contribution in [-0.2, 0) is 17.9 Å². The highest BCUT2D eigenvalue weighted by Crippen LogP contribution is 2.22. The van der Waals surface area contributed by atoms with Crippen molar-refractivity contribution in [3.8, 4) is 0 Å². The van der Waals surface area contributed by atoms with Gasteiger partial charge in [-0.25, -0.2) is 0 Å². The van der Waals surface area contributed by atoms with Gasteiger partial charge < -0.3 is 10.6 Å². The molecule has 1 amide bonds. The van der Waals surface area contributed by atoms with E-state index >= 15 is 0 Å². The molecule has 4 nitrogen and oxygen atoms in total. The molecule has 2 heterocycles. The first-order valence-electron chi connectivity index (χ1n) is 10.3. The zero-order valence-corrected chi connectivity index (χ0v) is 16.6. The molecule has 2 N–H and O–H groups in total. The van der Waals surface area contributed by atoms with Gasteiger partial charge in [0.05, 0.1) is 0 Å². The average molecular weight is 358 g/mol. The topological polar surface area (TPSA) is 44.4 Å². The predicted molar refractivity (Wildman–Crippen MR) is 107 cm³/mol. The molecule has 144 valence electrons. The molecular formula is C22H35N3O. The van der Waals surface area contributed by atoms with Crippen LogP contribution in [0.2, 0.25) is 0 Å². The van der Waals surface area contributed by atoms with E-state index < -0.39 is 0 Å². The summed E-state index contributed by atoms with van der Waals surface area (Å²) in [6, 6.07) is 9.21. The average Bonchev–Trinajstić information content (AvgIpc) is 2.60. The summed E-state index contributed by atoms with van der Waals surface area (Å²) in [7, 11) is 0. The van der Waals surface area contributed by atoms with E-state index in [1.165, 1.54) is 30.6 Å². The SMILES string of the molecule is CC1CC(C)CN(Cc2ccc(CNC(=O)[C@H]3CCN[C@@H](C)C3)cc2)C1. The first-order valence-corrected chi connectivity index (χ1v) is 10.3. The van der Waals surface area contributed by atoms with Crippen molar-refractivity contribution in [2.24, 2.45) is 17.8 Å². The molecule has 3 rings (SSSR count). The van der Waals surface area contributed by atoms with Crippen molar-refractivity contribution in [1.29, 1.82) is 0 Å². The third-order valence-corrected chi connectivity index (χ3v) is 5.83. The Morgan fingerprint density at radius 1 is 1.08 bits per heavy atom. The van der Waals surface area contributed by atoms with Gasteiger partial charge in [0.1, 0.15) is 0 Å². The second kappa shape index (κ2) is 9.01. The number of benzene rings is 1. The minimum atomic E-state index is 0.161. The Kier molecular flexibility index (Phi) is 6.71. The minimum absolute atomic E-state index is 0.161. The Labute approximate surface area is 158 Å². The number of piperidine rings is 2. The summed E-state index contributed by atoms with van der Waals surface area (Å²) < 4.78 is 0. The van der Waals surface area contributed by atoms with Crippen LogP contribution in [0.1, 0.15) is 51.2 Å². The molecule has 1 aromatic carbocycles. The van der Waals surface area contributed by atoms with Crippen molar-refractivity contribution in [3.63, 3.8) is 0 Å². The van der Waals surface area contributed by atoms with E-state index in [1.807, 2.05) is 0 Å². The van der Waals surface area contributed by atoms with E-state index in [2.05, 4.69) is 60.6 Å². The van der Waals surface area contributed by atoms with E-state index in [-0.39, 0.29) is 11.8 Å². The summed E-state index contributed by atoms with van der Waals surface area (Å²) in [5.74, 6) is 1.96. The molecule has 2 unspecified atom stereocenters.